The number of sulfonamides is 1. The summed E-state index contributed by atoms with van der Waals surface area (Å²) in [6.45, 7) is 1.54. The van der Waals surface area contributed by atoms with Crippen molar-refractivity contribution in [1.29, 1.82) is 0 Å². The van der Waals surface area contributed by atoms with Gasteiger partial charge in [-0.2, -0.15) is 0 Å². The first-order valence-corrected chi connectivity index (χ1v) is 7.56. The van der Waals surface area contributed by atoms with E-state index in [-0.39, 0.29) is 36.3 Å². The molecule has 0 aliphatic heterocycles. The maximum atomic E-state index is 11.5. The van der Waals surface area contributed by atoms with Crippen molar-refractivity contribution in [3.05, 3.63) is 29.8 Å². The number of hydrogen-bond donors (Lipinski definition) is 3. The summed E-state index contributed by atoms with van der Waals surface area (Å²) in [7, 11) is -2.14. The number of nitrogens with one attached hydrogen (secondary N) is 2. The highest BCUT2D eigenvalue weighted by Gasteiger charge is 2.08. The molecule has 0 unspecified atom stereocenters. The average molecular weight is 338 g/mol. The van der Waals surface area contributed by atoms with Crippen LogP contribution in [0.15, 0.2) is 29.2 Å². The van der Waals surface area contributed by atoms with Gasteiger partial charge in [-0.1, -0.05) is 12.1 Å². The Labute approximate surface area is 130 Å². The van der Waals surface area contributed by atoms with Crippen LogP contribution in [0.2, 0.25) is 0 Å². The molecule has 1 aromatic rings. The number of benzene rings is 1. The topological polar surface area (TPSA) is 111 Å². The second-order valence-corrected chi connectivity index (χ2v) is 5.70. The van der Waals surface area contributed by atoms with Crippen molar-refractivity contribution in [3.63, 3.8) is 0 Å². The molecule has 1 amide bonds. The lowest BCUT2D eigenvalue weighted by molar-refractivity contribution is -0.120. The van der Waals surface area contributed by atoms with Gasteiger partial charge < -0.3 is 15.4 Å². The number of primary sulfonamides is 1. The molecule has 21 heavy (non-hydrogen) atoms. The van der Waals surface area contributed by atoms with Gasteiger partial charge in [-0.15, -0.1) is 12.4 Å². The van der Waals surface area contributed by atoms with E-state index in [1.807, 2.05) is 0 Å². The number of hydrogen-bond acceptors (Lipinski definition) is 5. The lowest BCUT2D eigenvalue weighted by Crippen LogP contribution is -2.34. The molecule has 9 heteroatoms. The second kappa shape index (κ2) is 9.69. The van der Waals surface area contributed by atoms with Crippen LogP contribution >= 0.6 is 12.4 Å². The van der Waals surface area contributed by atoms with Crippen molar-refractivity contribution >= 4 is 28.3 Å². The minimum Gasteiger partial charge on any atom is -0.383 e. The van der Waals surface area contributed by atoms with Crippen LogP contribution in [-0.4, -0.2) is 41.1 Å². The summed E-state index contributed by atoms with van der Waals surface area (Å²) in [5, 5.41) is 10.6. The highest BCUT2D eigenvalue weighted by Crippen LogP contribution is 2.09. The Balaban J connectivity index is 0.00000400. The van der Waals surface area contributed by atoms with E-state index in [1.165, 1.54) is 12.1 Å². The number of carbonyl (C=O) groups excluding carboxylic acids is 1. The number of nitrogens with two attached hydrogens (primary N) is 1. The maximum absolute atomic E-state index is 11.5. The van der Waals surface area contributed by atoms with Gasteiger partial charge in [-0.05, 0) is 17.7 Å². The van der Waals surface area contributed by atoms with Gasteiger partial charge in [0.2, 0.25) is 15.9 Å². The lowest BCUT2D eigenvalue weighted by atomic mass is 10.2. The summed E-state index contributed by atoms with van der Waals surface area (Å²) in [4.78, 5) is 11.5. The Morgan fingerprint density at radius 1 is 1.38 bits per heavy atom. The van der Waals surface area contributed by atoms with E-state index in [1.54, 1.807) is 19.2 Å². The molecule has 0 bridgehead atoms. The molecular formula is C12H20ClN3O4S. The third-order valence-electron chi connectivity index (χ3n) is 2.49. The molecule has 1 aromatic carbocycles. The van der Waals surface area contributed by atoms with E-state index >= 15 is 0 Å². The molecule has 120 valence electrons. The monoisotopic (exact) mass is 337 g/mol. The highest BCUT2D eigenvalue weighted by atomic mass is 35.5. The van der Waals surface area contributed by atoms with Gasteiger partial charge in [0.25, 0.3) is 0 Å². The molecule has 4 N–H and O–H groups in total. The molecule has 0 fully saturated rings. The molecule has 7 nitrogen and oxygen atoms in total. The van der Waals surface area contributed by atoms with Gasteiger partial charge in [0.05, 0.1) is 18.0 Å². The fraction of sp³-hybridized carbons (Fsp3) is 0.417. The van der Waals surface area contributed by atoms with Crippen LogP contribution in [0, 0.1) is 0 Å². The first kappa shape index (κ1) is 19.8. The van der Waals surface area contributed by atoms with E-state index in [9.17, 15) is 13.2 Å². The zero-order valence-electron chi connectivity index (χ0n) is 11.7. The van der Waals surface area contributed by atoms with E-state index in [0.29, 0.717) is 18.7 Å². The molecule has 0 atom stereocenters. The second-order valence-electron chi connectivity index (χ2n) is 4.14. The molecule has 0 spiro atoms. The summed E-state index contributed by atoms with van der Waals surface area (Å²) in [6.07, 6.45) is 0. The fourth-order valence-corrected chi connectivity index (χ4v) is 2.06. The Hall–Kier alpha value is -1.19. The van der Waals surface area contributed by atoms with E-state index < -0.39 is 10.0 Å². The number of methoxy groups -OCH3 is 1. The van der Waals surface area contributed by atoms with E-state index in [2.05, 4.69) is 10.6 Å². The summed E-state index contributed by atoms with van der Waals surface area (Å²) >= 11 is 0. The number of halogens is 1. The molecule has 0 aliphatic carbocycles. The van der Waals surface area contributed by atoms with Crippen molar-refractivity contribution in [3.8, 4) is 0 Å². The maximum Gasteiger partial charge on any atom is 0.238 e. The fourth-order valence-electron chi connectivity index (χ4n) is 1.47. The van der Waals surface area contributed by atoms with Crippen LogP contribution in [0.5, 0.6) is 0 Å². The number of carbonyl (C=O) groups is 1. The van der Waals surface area contributed by atoms with Gasteiger partial charge >= 0.3 is 0 Å². The SMILES string of the molecule is COCCNCC(=O)NCc1cccc(S(N)(=O)=O)c1.Cl. The first-order valence-electron chi connectivity index (χ1n) is 6.01. The normalized spacial score (nSPS) is 10.8. The zero-order chi connectivity index (χ0) is 15.0. The minimum atomic E-state index is -3.72. The van der Waals surface area contributed by atoms with Gasteiger partial charge in [0.1, 0.15) is 0 Å². The third-order valence-corrected chi connectivity index (χ3v) is 3.40. The molecule has 0 aliphatic rings. The molecular weight excluding hydrogens is 318 g/mol. The molecule has 1 rings (SSSR count). The van der Waals surface area contributed by atoms with Crippen molar-refractivity contribution in [1.82, 2.24) is 10.6 Å². The Bertz CT molecular complexity index is 551. The summed E-state index contributed by atoms with van der Waals surface area (Å²) in [6, 6.07) is 6.15. The van der Waals surface area contributed by atoms with Crippen LogP contribution in [0.4, 0.5) is 0 Å². The molecule has 0 heterocycles. The van der Waals surface area contributed by atoms with Gasteiger partial charge in [0.15, 0.2) is 0 Å². The predicted octanol–water partition coefficient (Wildman–Crippen LogP) is -0.392. The van der Waals surface area contributed by atoms with Crippen LogP contribution < -0.4 is 15.8 Å². The number of amides is 1. The van der Waals surface area contributed by atoms with E-state index in [4.69, 9.17) is 9.88 Å². The lowest BCUT2D eigenvalue weighted by Gasteiger charge is -2.07. The average Bonchev–Trinajstić information content (AvgIpc) is 2.41. The highest BCUT2D eigenvalue weighted by molar-refractivity contribution is 7.89. The van der Waals surface area contributed by atoms with Crippen molar-refractivity contribution in [2.75, 3.05) is 26.8 Å². The van der Waals surface area contributed by atoms with Crippen molar-refractivity contribution < 1.29 is 17.9 Å². The molecule has 0 radical (unpaired) electrons. The van der Waals surface area contributed by atoms with Gasteiger partial charge in [-0.3, -0.25) is 4.79 Å². The summed E-state index contributed by atoms with van der Waals surface area (Å²) in [5.74, 6) is -0.179. The summed E-state index contributed by atoms with van der Waals surface area (Å²) in [5.41, 5.74) is 0.668. The summed E-state index contributed by atoms with van der Waals surface area (Å²) < 4.78 is 27.2. The largest absolute Gasteiger partial charge is 0.383 e. The van der Waals surface area contributed by atoms with Crippen LogP contribution in [0.3, 0.4) is 0 Å². The predicted molar refractivity (Wildman–Crippen MR) is 81.7 cm³/mol. The van der Waals surface area contributed by atoms with Crippen molar-refractivity contribution in [2.24, 2.45) is 5.14 Å². The van der Waals surface area contributed by atoms with Gasteiger partial charge in [0, 0.05) is 20.2 Å². The standard InChI is InChI=1S/C12H19N3O4S.ClH/c1-19-6-5-14-9-12(16)15-8-10-3-2-4-11(7-10)20(13,17)18;/h2-4,7,14H,5-6,8-9H2,1H3,(H,15,16)(H2,13,17,18);1H. The zero-order valence-corrected chi connectivity index (χ0v) is 13.3. The Kier molecular flexibility index (Phi) is 9.14. The van der Waals surface area contributed by atoms with Crippen LogP contribution in [0.1, 0.15) is 5.56 Å². The smallest absolute Gasteiger partial charge is 0.238 e. The Morgan fingerprint density at radius 3 is 2.71 bits per heavy atom. The molecule has 0 saturated carbocycles. The quantitative estimate of drug-likeness (QED) is 0.559. The molecule has 0 aromatic heterocycles. The van der Waals surface area contributed by atoms with Crippen molar-refractivity contribution in [2.45, 2.75) is 11.4 Å². The van der Waals surface area contributed by atoms with E-state index in [0.717, 1.165) is 0 Å². The third kappa shape index (κ3) is 7.98. The van der Waals surface area contributed by atoms with Crippen LogP contribution in [0.25, 0.3) is 0 Å². The number of rotatable bonds is 8. The number of ether oxygens (including phenoxy) is 1. The Morgan fingerprint density at radius 2 is 2.10 bits per heavy atom. The van der Waals surface area contributed by atoms with Crippen LogP contribution in [-0.2, 0) is 26.1 Å². The molecule has 0 saturated heterocycles. The minimum absolute atomic E-state index is 0. The van der Waals surface area contributed by atoms with Gasteiger partial charge in [-0.25, -0.2) is 13.6 Å². The first-order chi connectivity index (χ1) is 9.43.